The molecule has 13 aromatic rings. The highest BCUT2D eigenvalue weighted by molar-refractivity contribution is 6.03. The van der Waals surface area contributed by atoms with Gasteiger partial charge in [0.25, 0.3) is 0 Å². The van der Waals surface area contributed by atoms with E-state index in [2.05, 4.69) is 323 Å². The van der Waals surface area contributed by atoms with Gasteiger partial charge in [0.05, 0.1) is 22.7 Å². The predicted molar refractivity (Wildman–Crippen MR) is 315 cm³/mol. The molecular formula is C70H50N4. The zero-order chi connectivity index (χ0) is 49.2. The van der Waals surface area contributed by atoms with E-state index >= 15 is 0 Å². The Morgan fingerprint density at radius 1 is 0.135 bits per heavy atom. The van der Waals surface area contributed by atoms with Gasteiger partial charge in [-0.2, -0.15) is 0 Å². The van der Waals surface area contributed by atoms with Crippen LogP contribution < -0.4 is 19.6 Å². The molecule has 0 N–H and O–H groups in total. The van der Waals surface area contributed by atoms with Crippen LogP contribution in [0.5, 0.6) is 0 Å². The monoisotopic (exact) mass is 946 g/mol. The summed E-state index contributed by atoms with van der Waals surface area (Å²) in [6, 6.07) is 109. The average molecular weight is 947 g/mol. The van der Waals surface area contributed by atoms with Crippen molar-refractivity contribution in [1.29, 1.82) is 0 Å². The lowest BCUT2D eigenvalue weighted by atomic mass is 10.0. The minimum atomic E-state index is 1.05. The van der Waals surface area contributed by atoms with E-state index in [1.807, 2.05) is 0 Å². The van der Waals surface area contributed by atoms with E-state index in [9.17, 15) is 0 Å². The summed E-state index contributed by atoms with van der Waals surface area (Å²) in [5.41, 5.74) is 13.0. The lowest BCUT2D eigenvalue weighted by Crippen LogP contribution is -2.14. The smallest absolute Gasteiger partial charge is 0.0540 e. The molecule has 0 atom stereocenters. The molecule has 0 spiro atoms. The Morgan fingerprint density at radius 3 is 0.541 bits per heavy atom. The first-order chi connectivity index (χ1) is 36.7. The van der Waals surface area contributed by atoms with Crippen molar-refractivity contribution < 1.29 is 0 Å². The van der Waals surface area contributed by atoms with E-state index in [0.717, 1.165) is 68.2 Å². The van der Waals surface area contributed by atoms with E-state index < -0.39 is 0 Å². The summed E-state index contributed by atoms with van der Waals surface area (Å²) in [5.74, 6) is 0. The number of anilines is 12. The predicted octanol–water partition coefficient (Wildman–Crippen LogP) is 20.2. The van der Waals surface area contributed by atoms with Crippen LogP contribution in [0, 0.1) is 0 Å². The van der Waals surface area contributed by atoms with Gasteiger partial charge in [0, 0.05) is 67.0 Å². The van der Waals surface area contributed by atoms with Gasteiger partial charge >= 0.3 is 0 Å². The largest absolute Gasteiger partial charge is 0.310 e. The Bertz CT molecular complexity index is 3790. The fourth-order valence-electron chi connectivity index (χ4n) is 10.7. The fourth-order valence-corrected chi connectivity index (χ4v) is 10.7. The van der Waals surface area contributed by atoms with Crippen molar-refractivity contribution in [1.82, 2.24) is 0 Å². The highest BCUT2D eigenvalue weighted by Gasteiger charge is 2.22. The molecule has 0 amide bonds. The van der Waals surface area contributed by atoms with Crippen LogP contribution in [0.3, 0.4) is 0 Å². The van der Waals surface area contributed by atoms with Crippen LogP contribution in [-0.2, 0) is 0 Å². The summed E-state index contributed by atoms with van der Waals surface area (Å²) in [6.07, 6.45) is 0. The second kappa shape index (κ2) is 19.4. The third-order valence-corrected chi connectivity index (χ3v) is 14.2. The molecule has 0 saturated heterocycles. The molecule has 13 rings (SSSR count). The van der Waals surface area contributed by atoms with Gasteiger partial charge in [0.2, 0.25) is 0 Å². The van der Waals surface area contributed by atoms with Gasteiger partial charge in [-0.05, 0) is 143 Å². The highest BCUT2D eigenvalue weighted by atomic mass is 15.2. The first-order valence-electron chi connectivity index (χ1n) is 25.3. The minimum Gasteiger partial charge on any atom is -0.310 e. The van der Waals surface area contributed by atoms with Crippen LogP contribution in [0.4, 0.5) is 68.2 Å². The normalized spacial score (nSPS) is 11.2. The van der Waals surface area contributed by atoms with Crippen molar-refractivity contribution in [2.45, 2.75) is 0 Å². The molecule has 74 heavy (non-hydrogen) atoms. The zero-order valence-corrected chi connectivity index (χ0v) is 40.7. The standard InChI is InChI=1S/C70H50N4/c1-3-27-55(28-4-1)71(67-35-15-23-51-19-7-11-31-63(51)67)57-39-43-59(44-40-57)73(69-37-17-25-53-21-9-13-33-65(53)69)61-47-49-62(50-48-61)74(70-38-18-26-54-22-10-14-34-66(54)70)60-45-41-58(42-46-60)72(56-29-5-2-6-30-56)68-36-16-24-52-20-8-12-32-64(52)68/h1-50H. The van der Waals surface area contributed by atoms with Crippen molar-refractivity contribution in [2.24, 2.45) is 0 Å². The maximum atomic E-state index is 2.39. The van der Waals surface area contributed by atoms with Crippen molar-refractivity contribution in [2.75, 3.05) is 19.6 Å². The molecule has 13 aromatic carbocycles. The maximum absolute atomic E-state index is 2.39. The Kier molecular flexibility index (Phi) is 11.5. The third kappa shape index (κ3) is 8.20. The Balaban J connectivity index is 0.924. The Labute approximate surface area is 432 Å². The van der Waals surface area contributed by atoms with Crippen molar-refractivity contribution in [3.8, 4) is 0 Å². The fraction of sp³-hybridized carbons (Fsp3) is 0. The van der Waals surface area contributed by atoms with Crippen LogP contribution in [0.1, 0.15) is 0 Å². The maximum Gasteiger partial charge on any atom is 0.0540 e. The quantitative estimate of drug-likeness (QED) is 0.121. The molecule has 0 aromatic heterocycles. The number of rotatable bonds is 12. The number of hydrogen-bond donors (Lipinski definition) is 0. The Hall–Kier alpha value is -9.90. The SMILES string of the molecule is c1ccc(N(c2ccc(N(c3ccc(N(c4ccc(N(c5ccccc5)c5cccc6ccccc56)cc4)c4cccc5ccccc45)cc3)c3cccc4ccccc34)cc2)c2cccc3ccccc23)cc1. The van der Waals surface area contributed by atoms with Crippen LogP contribution in [0.15, 0.2) is 303 Å². The van der Waals surface area contributed by atoms with Gasteiger partial charge in [0.1, 0.15) is 0 Å². The van der Waals surface area contributed by atoms with Gasteiger partial charge in [-0.1, -0.05) is 182 Å². The average Bonchev–Trinajstić information content (AvgIpc) is 3.48. The van der Waals surface area contributed by atoms with E-state index in [0.29, 0.717) is 0 Å². The molecule has 0 fully saturated rings. The molecule has 0 unspecified atom stereocenters. The number of nitrogens with zero attached hydrogens (tertiary/aromatic N) is 4. The molecule has 4 nitrogen and oxygen atoms in total. The molecular weight excluding hydrogens is 897 g/mol. The molecule has 350 valence electrons. The highest BCUT2D eigenvalue weighted by Crippen LogP contribution is 2.46. The van der Waals surface area contributed by atoms with Gasteiger partial charge in [-0.15, -0.1) is 0 Å². The molecule has 0 heterocycles. The van der Waals surface area contributed by atoms with Gasteiger partial charge in [-0.3, -0.25) is 0 Å². The molecule has 0 radical (unpaired) electrons. The van der Waals surface area contributed by atoms with Crippen LogP contribution in [0.25, 0.3) is 43.1 Å². The van der Waals surface area contributed by atoms with Crippen molar-refractivity contribution in [3.05, 3.63) is 303 Å². The number of para-hydroxylation sites is 2. The molecule has 0 aliphatic carbocycles. The zero-order valence-electron chi connectivity index (χ0n) is 40.7. The van der Waals surface area contributed by atoms with Crippen LogP contribution in [-0.4, -0.2) is 0 Å². The second-order valence-electron chi connectivity index (χ2n) is 18.6. The van der Waals surface area contributed by atoms with E-state index in [1.54, 1.807) is 0 Å². The molecule has 0 bridgehead atoms. The van der Waals surface area contributed by atoms with Gasteiger partial charge in [-0.25, -0.2) is 0 Å². The Morgan fingerprint density at radius 2 is 0.311 bits per heavy atom. The number of hydrogen-bond acceptors (Lipinski definition) is 4. The van der Waals surface area contributed by atoms with E-state index in [4.69, 9.17) is 0 Å². The summed E-state index contributed by atoms with van der Waals surface area (Å²) in [5, 5.41) is 9.53. The minimum absolute atomic E-state index is 1.05. The first kappa shape index (κ1) is 44.1. The van der Waals surface area contributed by atoms with Crippen LogP contribution in [0.2, 0.25) is 0 Å². The molecule has 0 aliphatic rings. The summed E-state index contributed by atoms with van der Waals surface area (Å²) >= 11 is 0. The van der Waals surface area contributed by atoms with Crippen molar-refractivity contribution >= 4 is 111 Å². The van der Waals surface area contributed by atoms with E-state index in [-0.39, 0.29) is 0 Å². The van der Waals surface area contributed by atoms with E-state index in [1.165, 1.54) is 43.1 Å². The molecule has 4 heteroatoms. The number of benzene rings is 13. The topological polar surface area (TPSA) is 13.0 Å². The van der Waals surface area contributed by atoms with Crippen LogP contribution >= 0.6 is 0 Å². The first-order valence-corrected chi connectivity index (χ1v) is 25.3. The second-order valence-corrected chi connectivity index (χ2v) is 18.6. The summed E-state index contributed by atoms with van der Waals surface area (Å²) in [7, 11) is 0. The lowest BCUT2D eigenvalue weighted by molar-refractivity contribution is 1.25. The van der Waals surface area contributed by atoms with Gasteiger partial charge in [0.15, 0.2) is 0 Å². The van der Waals surface area contributed by atoms with Gasteiger partial charge < -0.3 is 19.6 Å². The lowest BCUT2D eigenvalue weighted by Gasteiger charge is -2.31. The van der Waals surface area contributed by atoms with Crippen molar-refractivity contribution in [3.63, 3.8) is 0 Å². The summed E-state index contributed by atoms with van der Waals surface area (Å²) < 4.78 is 0. The molecule has 0 saturated carbocycles. The summed E-state index contributed by atoms with van der Waals surface area (Å²) in [6.45, 7) is 0. The summed E-state index contributed by atoms with van der Waals surface area (Å²) in [4.78, 5) is 9.51. The number of fused-ring (bicyclic) bond motifs is 4. The third-order valence-electron chi connectivity index (χ3n) is 14.2. The molecule has 0 aliphatic heterocycles.